The fraction of sp³-hybridized carbons (Fsp3) is 1.00. The average molecular weight is 195 g/mol. The Morgan fingerprint density at radius 3 is 2.46 bits per heavy atom. The molecule has 80 valence electrons. The van der Waals surface area contributed by atoms with E-state index >= 15 is 0 Å². The van der Waals surface area contributed by atoms with Gasteiger partial charge in [0.05, 0.1) is 12.6 Å². The van der Waals surface area contributed by atoms with Gasteiger partial charge in [0.1, 0.15) is 0 Å². The topological polar surface area (TPSA) is 21.3 Å². The van der Waals surface area contributed by atoms with Gasteiger partial charge in [-0.3, -0.25) is 0 Å². The molecule has 0 fully saturated rings. The molecule has 0 aromatic heterocycles. The first-order valence-electron chi connectivity index (χ1n) is 4.73. The first-order valence-corrected chi connectivity index (χ1v) is 4.73. The standard InChI is InChI=1S/C9H19F2NO/c1-8(2)13-6-4-3-5-12-7-9(10)11/h8-9,12H,3-7H2,1-2H3. The van der Waals surface area contributed by atoms with E-state index in [4.69, 9.17) is 4.74 Å². The van der Waals surface area contributed by atoms with Crippen molar-refractivity contribution in [3.63, 3.8) is 0 Å². The molecule has 0 aliphatic carbocycles. The predicted molar refractivity (Wildman–Crippen MR) is 49.2 cm³/mol. The molecule has 0 unspecified atom stereocenters. The molecular formula is C9H19F2NO. The smallest absolute Gasteiger partial charge is 0.250 e. The van der Waals surface area contributed by atoms with Crippen LogP contribution in [0.2, 0.25) is 0 Å². The molecule has 0 amide bonds. The molecule has 0 aliphatic rings. The van der Waals surface area contributed by atoms with Crippen molar-refractivity contribution in [3.8, 4) is 0 Å². The van der Waals surface area contributed by atoms with Crippen molar-refractivity contribution in [1.29, 1.82) is 0 Å². The highest BCUT2D eigenvalue weighted by Crippen LogP contribution is 1.94. The second kappa shape index (κ2) is 8.38. The van der Waals surface area contributed by atoms with Crippen LogP contribution in [0.15, 0.2) is 0 Å². The molecular weight excluding hydrogens is 176 g/mol. The largest absolute Gasteiger partial charge is 0.379 e. The molecule has 0 aliphatic heterocycles. The Hall–Kier alpha value is -0.220. The lowest BCUT2D eigenvalue weighted by Gasteiger charge is -2.07. The molecule has 2 nitrogen and oxygen atoms in total. The van der Waals surface area contributed by atoms with Crippen LogP contribution in [0, 0.1) is 0 Å². The quantitative estimate of drug-likeness (QED) is 0.598. The van der Waals surface area contributed by atoms with Crippen molar-refractivity contribution < 1.29 is 13.5 Å². The minimum Gasteiger partial charge on any atom is -0.379 e. The molecule has 0 saturated heterocycles. The summed E-state index contributed by atoms with van der Waals surface area (Å²) in [5.41, 5.74) is 0. The summed E-state index contributed by atoms with van der Waals surface area (Å²) in [6.07, 6.45) is -0.172. The van der Waals surface area contributed by atoms with E-state index in [0.717, 1.165) is 12.8 Å². The second-order valence-electron chi connectivity index (χ2n) is 3.22. The van der Waals surface area contributed by atoms with E-state index in [-0.39, 0.29) is 12.6 Å². The zero-order valence-electron chi connectivity index (χ0n) is 8.35. The molecule has 0 aromatic carbocycles. The van der Waals surface area contributed by atoms with E-state index in [2.05, 4.69) is 5.32 Å². The summed E-state index contributed by atoms with van der Waals surface area (Å²) in [5, 5.41) is 2.67. The van der Waals surface area contributed by atoms with Gasteiger partial charge in [-0.15, -0.1) is 0 Å². The van der Waals surface area contributed by atoms with Crippen LogP contribution in [0.5, 0.6) is 0 Å². The zero-order valence-corrected chi connectivity index (χ0v) is 8.35. The lowest BCUT2D eigenvalue weighted by molar-refractivity contribution is 0.0757. The highest BCUT2D eigenvalue weighted by molar-refractivity contribution is 4.49. The predicted octanol–water partition coefficient (Wildman–Crippen LogP) is 2.05. The van der Waals surface area contributed by atoms with Crippen LogP contribution in [-0.4, -0.2) is 32.2 Å². The number of rotatable bonds is 8. The summed E-state index contributed by atoms with van der Waals surface area (Å²) in [4.78, 5) is 0. The average Bonchev–Trinajstić information content (AvgIpc) is 2.01. The summed E-state index contributed by atoms with van der Waals surface area (Å²) >= 11 is 0. The van der Waals surface area contributed by atoms with Crippen molar-refractivity contribution in [2.24, 2.45) is 0 Å². The maximum absolute atomic E-state index is 11.6. The normalized spacial score (nSPS) is 11.5. The van der Waals surface area contributed by atoms with Gasteiger partial charge in [0, 0.05) is 6.61 Å². The van der Waals surface area contributed by atoms with Gasteiger partial charge < -0.3 is 10.1 Å². The summed E-state index contributed by atoms with van der Waals surface area (Å²) in [6, 6.07) is 0. The third-order valence-electron chi connectivity index (χ3n) is 1.50. The van der Waals surface area contributed by atoms with Gasteiger partial charge in [-0.1, -0.05) is 0 Å². The van der Waals surface area contributed by atoms with Crippen molar-refractivity contribution in [2.45, 2.75) is 39.2 Å². The van der Waals surface area contributed by atoms with Crippen molar-refractivity contribution in [2.75, 3.05) is 19.7 Å². The van der Waals surface area contributed by atoms with Crippen LogP contribution in [0.1, 0.15) is 26.7 Å². The van der Waals surface area contributed by atoms with Gasteiger partial charge in [0.2, 0.25) is 0 Å². The van der Waals surface area contributed by atoms with Crippen molar-refractivity contribution in [1.82, 2.24) is 5.32 Å². The number of ether oxygens (including phenoxy) is 1. The van der Waals surface area contributed by atoms with E-state index in [1.54, 1.807) is 0 Å². The van der Waals surface area contributed by atoms with Gasteiger partial charge in [-0.2, -0.15) is 0 Å². The van der Waals surface area contributed by atoms with Gasteiger partial charge in [0.15, 0.2) is 0 Å². The van der Waals surface area contributed by atoms with Crippen LogP contribution in [0.4, 0.5) is 8.78 Å². The Morgan fingerprint density at radius 2 is 1.92 bits per heavy atom. The van der Waals surface area contributed by atoms with Gasteiger partial charge >= 0.3 is 0 Å². The number of alkyl halides is 2. The van der Waals surface area contributed by atoms with Crippen molar-refractivity contribution in [3.05, 3.63) is 0 Å². The van der Waals surface area contributed by atoms with Crippen LogP contribution in [-0.2, 0) is 4.74 Å². The number of hydrogen-bond acceptors (Lipinski definition) is 2. The molecule has 0 saturated carbocycles. The van der Waals surface area contributed by atoms with Crippen LogP contribution >= 0.6 is 0 Å². The molecule has 0 spiro atoms. The number of nitrogens with one attached hydrogen (secondary N) is 1. The minimum absolute atomic E-state index is 0.203. The highest BCUT2D eigenvalue weighted by atomic mass is 19.3. The summed E-state index contributed by atoms with van der Waals surface area (Å²) < 4.78 is 28.6. The lowest BCUT2D eigenvalue weighted by Crippen LogP contribution is -2.22. The molecule has 0 rings (SSSR count). The van der Waals surface area contributed by atoms with E-state index in [1.807, 2.05) is 13.8 Å². The molecule has 13 heavy (non-hydrogen) atoms. The minimum atomic E-state index is -2.24. The molecule has 1 N–H and O–H groups in total. The van der Waals surface area contributed by atoms with Crippen LogP contribution in [0.25, 0.3) is 0 Å². The van der Waals surface area contributed by atoms with E-state index in [9.17, 15) is 8.78 Å². The van der Waals surface area contributed by atoms with Crippen molar-refractivity contribution >= 4 is 0 Å². The monoisotopic (exact) mass is 195 g/mol. The summed E-state index contributed by atoms with van der Waals surface area (Å²) in [6.45, 7) is 5.12. The molecule has 0 aromatic rings. The van der Waals surface area contributed by atoms with Gasteiger partial charge in [0.25, 0.3) is 6.43 Å². The maximum atomic E-state index is 11.6. The summed E-state index contributed by atoms with van der Waals surface area (Å²) in [7, 11) is 0. The Labute approximate surface area is 78.7 Å². The molecule has 0 bridgehead atoms. The van der Waals surface area contributed by atoms with Gasteiger partial charge in [-0.25, -0.2) is 8.78 Å². The molecule has 0 heterocycles. The summed E-state index contributed by atoms with van der Waals surface area (Å²) in [5.74, 6) is 0. The number of unbranched alkanes of at least 4 members (excludes halogenated alkanes) is 1. The number of halogens is 2. The fourth-order valence-electron chi connectivity index (χ4n) is 0.882. The molecule has 4 heteroatoms. The second-order valence-corrected chi connectivity index (χ2v) is 3.22. The van der Waals surface area contributed by atoms with Crippen LogP contribution in [0.3, 0.4) is 0 Å². The Kier molecular flexibility index (Phi) is 8.24. The number of hydrogen-bond donors (Lipinski definition) is 1. The van der Waals surface area contributed by atoms with E-state index in [0.29, 0.717) is 13.2 Å². The third kappa shape index (κ3) is 11.8. The van der Waals surface area contributed by atoms with Gasteiger partial charge in [-0.05, 0) is 33.2 Å². The Balaban J connectivity index is 2.92. The third-order valence-corrected chi connectivity index (χ3v) is 1.50. The van der Waals surface area contributed by atoms with E-state index < -0.39 is 6.43 Å². The first-order chi connectivity index (χ1) is 6.13. The maximum Gasteiger partial charge on any atom is 0.250 e. The van der Waals surface area contributed by atoms with E-state index in [1.165, 1.54) is 0 Å². The highest BCUT2D eigenvalue weighted by Gasteiger charge is 1.99. The lowest BCUT2D eigenvalue weighted by atomic mass is 10.3. The molecule has 0 atom stereocenters. The zero-order chi connectivity index (χ0) is 10.1. The fourth-order valence-corrected chi connectivity index (χ4v) is 0.882. The SMILES string of the molecule is CC(C)OCCCCNCC(F)F. The Bertz CT molecular complexity index is 97.8. The first kappa shape index (κ1) is 12.8. The Morgan fingerprint density at radius 1 is 1.23 bits per heavy atom. The van der Waals surface area contributed by atoms with Crippen LogP contribution < -0.4 is 5.32 Å². The molecule has 0 radical (unpaired) electrons.